The Labute approximate surface area is 110 Å². The van der Waals surface area contributed by atoms with Crippen LogP contribution in [0, 0.1) is 0 Å². The van der Waals surface area contributed by atoms with Crippen LogP contribution in [0.3, 0.4) is 0 Å². The lowest BCUT2D eigenvalue weighted by Crippen LogP contribution is -2.25. The molecule has 0 atom stereocenters. The van der Waals surface area contributed by atoms with E-state index < -0.39 is 15.8 Å². The van der Waals surface area contributed by atoms with E-state index in [-0.39, 0.29) is 10.9 Å². The molecule has 7 heteroatoms. The Bertz CT molecular complexity index is 784. The minimum Gasteiger partial charge on any atom is -0.408 e. The van der Waals surface area contributed by atoms with E-state index in [1.807, 2.05) is 6.92 Å². The number of fused-ring (bicyclic) bond motifs is 1. The molecule has 0 spiro atoms. The molecule has 1 fully saturated rings. The molecule has 0 unspecified atom stereocenters. The fourth-order valence-corrected chi connectivity index (χ4v) is 3.32. The Morgan fingerprint density at radius 2 is 2.16 bits per heavy atom. The van der Waals surface area contributed by atoms with E-state index >= 15 is 0 Å². The summed E-state index contributed by atoms with van der Waals surface area (Å²) in [7, 11) is -3.52. The van der Waals surface area contributed by atoms with E-state index in [9.17, 15) is 13.2 Å². The summed E-state index contributed by atoms with van der Waals surface area (Å²) in [6.45, 7) is 2.31. The van der Waals surface area contributed by atoms with Gasteiger partial charge < -0.3 is 4.42 Å². The van der Waals surface area contributed by atoms with Crippen molar-refractivity contribution in [3.8, 4) is 0 Å². The number of benzene rings is 1. The van der Waals surface area contributed by atoms with Crippen molar-refractivity contribution < 1.29 is 12.8 Å². The molecule has 102 valence electrons. The van der Waals surface area contributed by atoms with Gasteiger partial charge in [-0.05, 0) is 31.9 Å². The molecule has 6 nitrogen and oxygen atoms in total. The van der Waals surface area contributed by atoms with Crippen molar-refractivity contribution in [2.24, 2.45) is 0 Å². The zero-order chi connectivity index (χ0) is 13.6. The van der Waals surface area contributed by atoms with Crippen LogP contribution in [0.4, 0.5) is 0 Å². The number of oxazole rings is 1. The zero-order valence-corrected chi connectivity index (χ0v) is 11.2. The van der Waals surface area contributed by atoms with Gasteiger partial charge in [0.15, 0.2) is 5.58 Å². The second-order valence-electron chi connectivity index (χ2n) is 4.64. The van der Waals surface area contributed by atoms with Crippen LogP contribution < -0.4 is 10.5 Å². The van der Waals surface area contributed by atoms with Crippen molar-refractivity contribution in [3.63, 3.8) is 0 Å². The fraction of sp³-hybridized carbons (Fsp3) is 0.417. The molecule has 19 heavy (non-hydrogen) atoms. The average molecular weight is 282 g/mol. The molecule has 1 N–H and O–H groups in total. The third kappa shape index (κ3) is 2.19. The predicted octanol–water partition coefficient (Wildman–Crippen LogP) is 1.06. The van der Waals surface area contributed by atoms with Gasteiger partial charge in [0.05, 0.1) is 10.4 Å². The van der Waals surface area contributed by atoms with E-state index in [4.69, 9.17) is 4.42 Å². The molecule has 0 saturated heterocycles. The lowest BCUT2D eigenvalue weighted by molar-refractivity contribution is 0.512. The predicted molar refractivity (Wildman–Crippen MR) is 69.5 cm³/mol. The number of nitrogens with zero attached hydrogens (tertiary/aromatic N) is 1. The molecule has 0 aliphatic heterocycles. The van der Waals surface area contributed by atoms with Crippen molar-refractivity contribution in [1.29, 1.82) is 0 Å². The summed E-state index contributed by atoms with van der Waals surface area (Å²) in [4.78, 5) is 11.7. The molecule has 1 aliphatic rings. The van der Waals surface area contributed by atoms with Crippen LogP contribution >= 0.6 is 0 Å². The Balaban J connectivity index is 2.09. The van der Waals surface area contributed by atoms with Gasteiger partial charge in [0.25, 0.3) is 0 Å². The SMILES string of the molecule is CCn1c(=O)oc2cc(S(=O)(=O)NC3CC3)ccc21. The van der Waals surface area contributed by atoms with Gasteiger partial charge >= 0.3 is 5.76 Å². The summed E-state index contributed by atoms with van der Waals surface area (Å²) in [6.07, 6.45) is 1.76. The second kappa shape index (κ2) is 4.21. The maximum absolute atomic E-state index is 12.0. The molecular formula is C12H14N2O4S. The van der Waals surface area contributed by atoms with Crippen LogP contribution in [0.25, 0.3) is 11.1 Å². The van der Waals surface area contributed by atoms with Gasteiger partial charge in [0.1, 0.15) is 0 Å². The first-order valence-corrected chi connectivity index (χ1v) is 7.65. The van der Waals surface area contributed by atoms with Crippen molar-refractivity contribution in [2.45, 2.75) is 37.2 Å². The first-order chi connectivity index (χ1) is 9.01. The second-order valence-corrected chi connectivity index (χ2v) is 6.35. The number of hydrogen-bond acceptors (Lipinski definition) is 4. The standard InChI is InChI=1S/C12H14N2O4S/c1-2-14-10-6-5-9(7-11(10)18-12(14)15)19(16,17)13-8-3-4-8/h5-8,13H,2-4H2,1H3. The van der Waals surface area contributed by atoms with Crippen LogP contribution in [0.15, 0.2) is 32.3 Å². The number of rotatable bonds is 4. The van der Waals surface area contributed by atoms with Crippen LogP contribution in [-0.2, 0) is 16.6 Å². The van der Waals surface area contributed by atoms with E-state index in [1.165, 1.54) is 16.7 Å². The van der Waals surface area contributed by atoms with E-state index in [0.29, 0.717) is 17.6 Å². The lowest BCUT2D eigenvalue weighted by Gasteiger charge is -2.05. The molecular weight excluding hydrogens is 268 g/mol. The lowest BCUT2D eigenvalue weighted by atomic mass is 10.3. The number of sulfonamides is 1. The fourth-order valence-electron chi connectivity index (χ4n) is 2.00. The van der Waals surface area contributed by atoms with Gasteiger partial charge in [0, 0.05) is 18.7 Å². The van der Waals surface area contributed by atoms with Crippen molar-refractivity contribution in [2.75, 3.05) is 0 Å². The molecule has 1 aromatic carbocycles. The minimum atomic E-state index is -3.52. The molecule has 1 aromatic heterocycles. The molecule has 2 aromatic rings. The largest absolute Gasteiger partial charge is 0.419 e. The van der Waals surface area contributed by atoms with Crippen molar-refractivity contribution in [3.05, 3.63) is 28.7 Å². The number of hydrogen-bond donors (Lipinski definition) is 1. The Hall–Kier alpha value is -1.60. The smallest absolute Gasteiger partial charge is 0.408 e. The summed E-state index contributed by atoms with van der Waals surface area (Å²) in [6, 6.07) is 4.54. The van der Waals surface area contributed by atoms with Crippen LogP contribution in [0.2, 0.25) is 0 Å². The maximum Gasteiger partial charge on any atom is 0.419 e. The molecule has 1 heterocycles. The van der Waals surface area contributed by atoms with Gasteiger partial charge in [-0.15, -0.1) is 0 Å². The summed E-state index contributed by atoms with van der Waals surface area (Å²) >= 11 is 0. The Morgan fingerprint density at radius 3 is 2.79 bits per heavy atom. The van der Waals surface area contributed by atoms with E-state index in [0.717, 1.165) is 12.8 Å². The topological polar surface area (TPSA) is 81.3 Å². The highest BCUT2D eigenvalue weighted by atomic mass is 32.2. The Morgan fingerprint density at radius 1 is 1.42 bits per heavy atom. The van der Waals surface area contributed by atoms with Crippen LogP contribution in [-0.4, -0.2) is 19.0 Å². The first-order valence-electron chi connectivity index (χ1n) is 6.17. The van der Waals surface area contributed by atoms with E-state index in [1.54, 1.807) is 6.07 Å². The highest BCUT2D eigenvalue weighted by molar-refractivity contribution is 7.89. The third-order valence-electron chi connectivity index (χ3n) is 3.17. The minimum absolute atomic E-state index is 0.0490. The first kappa shape index (κ1) is 12.4. The summed E-state index contributed by atoms with van der Waals surface area (Å²) in [5, 5.41) is 0. The molecule has 0 amide bonds. The summed E-state index contributed by atoms with van der Waals surface area (Å²) in [5.41, 5.74) is 0.906. The molecule has 0 bridgehead atoms. The third-order valence-corrected chi connectivity index (χ3v) is 4.68. The number of nitrogens with one attached hydrogen (secondary N) is 1. The van der Waals surface area contributed by atoms with Gasteiger partial charge in [-0.1, -0.05) is 0 Å². The van der Waals surface area contributed by atoms with Gasteiger partial charge in [-0.2, -0.15) is 0 Å². The molecule has 1 aliphatic carbocycles. The highest BCUT2D eigenvalue weighted by Crippen LogP contribution is 2.24. The van der Waals surface area contributed by atoms with Crippen molar-refractivity contribution in [1.82, 2.24) is 9.29 Å². The number of aromatic nitrogens is 1. The van der Waals surface area contributed by atoms with Crippen LogP contribution in [0.1, 0.15) is 19.8 Å². The number of aryl methyl sites for hydroxylation is 1. The Kier molecular flexibility index (Phi) is 2.75. The van der Waals surface area contributed by atoms with E-state index in [2.05, 4.69) is 4.72 Å². The summed E-state index contributed by atoms with van der Waals surface area (Å²) in [5.74, 6) is -0.470. The van der Waals surface area contributed by atoms with Crippen LogP contribution in [0.5, 0.6) is 0 Å². The summed E-state index contributed by atoms with van der Waals surface area (Å²) < 4.78 is 33.2. The van der Waals surface area contributed by atoms with Gasteiger partial charge in [0.2, 0.25) is 10.0 Å². The van der Waals surface area contributed by atoms with Gasteiger partial charge in [-0.3, -0.25) is 4.57 Å². The normalized spacial score (nSPS) is 16.1. The van der Waals surface area contributed by atoms with Crippen molar-refractivity contribution >= 4 is 21.1 Å². The quantitative estimate of drug-likeness (QED) is 0.909. The average Bonchev–Trinajstić information content (AvgIpc) is 3.08. The molecule has 1 saturated carbocycles. The monoisotopic (exact) mass is 282 g/mol. The molecule has 3 rings (SSSR count). The highest BCUT2D eigenvalue weighted by Gasteiger charge is 2.28. The molecule has 0 radical (unpaired) electrons. The maximum atomic E-state index is 12.0. The zero-order valence-electron chi connectivity index (χ0n) is 10.4. The van der Waals surface area contributed by atoms with Gasteiger partial charge in [-0.25, -0.2) is 17.9 Å².